The van der Waals surface area contributed by atoms with E-state index in [1.165, 1.54) is 12.1 Å². The number of hydrogen-bond donors (Lipinski definition) is 1. The third kappa shape index (κ3) is 2.96. The maximum atomic E-state index is 12.6. The highest BCUT2D eigenvalue weighted by Gasteiger charge is 2.34. The molecule has 0 fully saturated rings. The van der Waals surface area contributed by atoms with Crippen molar-refractivity contribution in [1.82, 2.24) is 5.32 Å². The largest absolute Gasteiger partial charge is 0.493 e. The zero-order chi connectivity index (χ0) is 18.8. The van der Waals surface area contributed by atoms with Crippen LogP contribution < -0.4 is 14.8 Å². The summed E-state index contributed by atoms with van der Waals surface area (Å²) in [5.74, 6) is 0.792. The Kier molecular flexibility index (Phi) is 4.79. The van der Waals surface area contributed by atoms with Gasteiger partial charge in [-0.15, -0.1) is 0 Å². The Labute approximate surface area is 151 Å². The van der Waals surface area contributed by atoms with E-state index in [0.717, 1.165) is 16.7 Å². The molecule has 0 saturated heterocycles. The number of benzene rings is 2. The predicted octanol–water partition coefficient (Wildman–Crippen LogP) is 3.32. The maximum Gasteiger partial charge on any atom is 0.269 e. The molecule has 2 aromatic rings. The number of nitrogens with one attached hydrogen (secondary N) is 1. The quantitative estimate of drug-likeness (QED) is 0.655. The van der Waals surface area contributed by atoms with Gasteiger partial charge in [0.15, 0.2) is 11.5 Å². The lowest BCUT2D eigenvalue weighted by Crippen LogP contribution is -2.39. The third-order valence-electron chi connectivity index (χ3n) is 4.72. The minimum atomic E-state index is -0.446. The van der Waals surface area contributed by atoms with Crippen LogP contribution in [0, 0.1) is 10.1 Å². The van der Waals surface area contributed by atoms with E-state index >= 15 is 0 Å². The zero-order valence-corrected chi connectivity index (χ0v) is 14.8. The van der Waals surface area contributed by atoms with Gasteiger partial charge in [0.2, 0.25) is 5.91 Å². The molecule has 1 heterocycles. The summed E-state index contributed by atoms with van der Waals surface area (Å²) < 4.78 is 10.8. The van der Waals surface area contributed by atoms with E-state index in [2.05, 4.69) is 5.32 Å². The van der Waals surface area contributed by atoms with Gasteiger partial charge in [-0.1, -0.05) is 6.92 Å². The van der Waals surface area contributed by atoms with Gasteiger partial charge in [-0.25, -0.2) is 0 Å². The molecule has 0 saturated carbocycles. The van der Waals surface area contributed by atoms with Crippen LogP contribution in [0.2, 0.25) is 0 Å². The Bertz CT molecular complexity index is 848. The Morgan fingerprint density at radius 3 is 2.15 bits per heavy atom. The van der Waals surface area contributed by atoms with Gasteiger partial charge in [0.05, 0.1) is 31.1 Å². The van der Waals surface area contributed by atoms with Crippen LogP contribution in [0.1, 0.15) is 42.0 Å². The minimum Gasteiger partial charge on any atom is -0.493 e. The molecule has 0 spiro atoms. The number of non-ortho nitro benzene ring substituents is 1. The molecule has 0 bridgehead atoms. The van der Waals surface area contributed by atoms with Crippen molar-refractivity contribution < 1.29 is 19.2 Å². The summed E-state index contributed by atoms with van der Waals surface area (Å²) in [5.41, 5.74) is 2.57. The summed E-state index contributed by atoms with van der Waals surface area (Å²) in [5, 5.41) is 13.9. The Morgan fingerprint density at radius 2 is 1.65 bits per heavy atom. The van der Waals surface area contributed by atoms with E-state index in [1.54, 1.807) is 26.4 Å². The average Bonchev–Trinajstić information content (AvgIpc) is 2.66. The molecule has 0 radical (unpaired) electrons. The number of amides is 1. The van der Waals surface area contributed by atoms with Gasteiger partial charge >= 0.3 is 0 Å². The van der Waals surface area contributed by atoms with Crippen molar-refractivity contribution in [2.24, 2.45) is 0 Å². The van der Waals surface area contributed by atoms with Crippen molar-refractivity contribution in [2.75, 3.05) is 14.2 Å². The van der Waals surface area contributed by atoms with Crippen molar-refractivity contribution in [2.45, 2.75) is 25.3 Å². The number of carbonyl (C=O) groups is 1. The van der Waals surface area contributed by atoms with E-state index in [9.17, 15) is 14.9 Å². The Balaban J connectivity index is 2.13. The highest BCUT2D eigenvalue weighted by atomic mass is 16.6. The molecule has 1 N–H and O–H groups in total. The van der Waals surface area contributed by atoms with Gasteiger partial charge < -0.3 is 14.8 Å². The van der Waals surface area contributed by atoms with Crippen LogP contribution >= 0.6 is 0 Å². The van der Waals surface area contributed by atoms with Crippen LogP contribution in [-0.4, -0.2) is 25.1 Å². The number of fused-ring (bicyclic) bond motifs is 1. The summed E-state index contributed by atoms with van der Waals surface area (Å²) in [6, 6.07) is 9.51. The molecule has 0 aliphatic carbocycles. The van der Waals surface area contributed by atoms with Gasteiger partial charge in [0.1, 0.15) is 0 Å². The average molecular weight is 356 g/mol. The van der Waals surface area contributed by atoms with Crippen molar-refractivity contribution in [3.63, 3.8) is 0 Å². The van der Waals surface area contributed by atoms with Crippen LogP contribution in [0.4, 0.5) is 5.69 Å². The first kappa shape index (κ1) is 17.7. The number of nitro groups is 1. The molecule has 7 heteroatoms. The van der Waals surface area contributed by atoms with E-state index in [4.69, 9.17) is 9.47 Å². The molecule has 3 rings (SSSR count). The van der Waals surface area contributed by atoms with E-state index in [-0.39, 0.29) is 17.5 Å². The van der Waals surface area contributed by atoms with Crippen LogP contribution in [0.3, 0.4) is 0 Å². The number of methoxy groups -OCH3 is 2. The fourth-order valence-electron chi connectivity index (χ4n) is 3.38. The summed E-state index contributed by atoms with van der Waals surface area (Å²) in [6.07, 6.45) is 0.654. The molecule has 2 unspecified atom stereocenters. The second kappa shape index (κ2) is 7.03. The minimum absolute atomic E-state index is 0.00913. The first-order valence-electron chi connectivity index (χ1n) is 8.30. The molecule has 1 amide bonds. The van der Waals surface area contributed by atoms with Crippen molar-refractivity contribution in [3.8, 4) is 11.5 Å². The van der Waals surface area contributed by atoms with Gasteiger partial charge in [0.25, 0.3) is 5.69 Å². The molecule has 1 aliphatic rings. The third-order valence-corrected chi connectivity index (χ3v) is 4.72. The zero-order valence-electron chi connectivity index (χ0n) is 14.8. The van der Waals surface area contributed by atoms with E-state index < -0.39 is 11.0 Å². The molecule has 26 heavy (non-hydrogen) atoms. The molecule has 2 aromatic carbocycles. The number of nitro benzene ring substituents is 1. The second-order valence-electron chi connectivity index (χ2n) is 6.09. The van der Waals surface area contributed by atoms with Crippen LogP contribution in [-0.2, 0) is 4.79 Å². The van der Waals surface area contributed by atoms with Crippen molar-refractivity contribution in [3.05, 3.63) is 63.2 Å². The molecule has 136 valence electrons. The van der Waals surface area contributed by atoms with Crippen LogP contribution in [0.15, 0.2) is 36.4 Å². The Morgan fingerprint density at radius 1 is 1.08 bits per heavy atom. The number of carbonyl (C=O) groups excluding carboxylic acids is 1. The maximum absolute atomic E-state index is 12.6. The lowest BCUT2D eigenvalue weighted by molar-refractivity contribution is -0.384. The van der Waals surface area contributed by atoms with Crippen molar-refractivity contribution >= 4 is 11.6 Å². The fraction of sp³-hybridized carbons (Fsp3) is 0.316. The van der Waals surface area contributed by atoms with Crippen molar-refractivity contribution in [1.29, 1.82) is 0 Å². The Hall–Kier alpha value is -3.09. The SMILES string of the molecule is CCC1C(=O)NC(c2ccc([N+](=O)[O-])cc2)c2cc(OC)c(OC)cc21. The molecule has 0 aromatic heterocycles. The standard InChI is InChI=1S/C19H20N2O5/c1-4-13-14-9-16(25-2)17(26-3)10-15(14)18(20-19(13)22)11-5-7-12(8-6-11)21(23)24/h5-10,13,18H,4H2,1-3H3,(H,20,22). The number of ether oxygens (including phenoxy) is 2. The van der Waals surface area contributed by atoms with Gasteiger partial charge in [0, 0.05) is 12.1 Å². The predicted molar refractivity (Wildman–Crippen MR) is 95.7 cm³/mol. The topological polar surface area (TPSA) is 90.7 Å². The highest BCUT2D eigenvalue weighted by molar-refractivity contribution is 5.87. The van der Waals surface area contributed by atoms with Crippen LogP contribution in [0.25, 0.3) is 0 Å². The lowest BCUT2D eigenvalue weighted by atomic mass is 9.82. The normalized spacial score (nSPS) is 18.7. The molecular formula is C19H20N2O5. The monoisotopic (exact) mass is 356 g/mol. The first-order valence-corrected chi connectivity index (χ1v) is 8.30. The molecule has 7 nitrogen and oxygen atoms in total. The van der Waals surface area contributed by atoms with Gasteiger partial charge in [-0.2, -0.15) is 0 Å². The summed E-state index contributed by atoms with van der Waals surface area (Å²) in [6.45, 7) is 1.96. The second-order valence-corrected chi connectivity index (χ2v) is 6.09. The molecule has 1 aliphatic heterocycles. The fourth-order valence-corrected chi connectivity index (χ4v) is 3.38. The van der Waals surface area contributed by atoms with E-state index in [1.807, 2.05) is 19.1 Å². The molecule has 2 atom stereocenters. The van der Waals surface area contributed by atoms with Crippen LogP contribution in [0.5, 0.6) is 11.5 Å². The smallest absolute Gasteiger partial charge is 0.269 e. The number of rotatable bonds is 5. The number of nitrogens with zero attached hydrogens (tertiary/aromatic N) is 1. The molecular weight excluding hydrogens is 336 g/mol. The highest BCUT2D eigenvalue weighted by Crippen LogP contribution is 2.42. The number of hydrogen-bond acceptors (Lipinski definition) is 5. The van der Waals surface area contributed by atoms with Gasteiger partial charge in [-0.3, -0.25) is 14.9 Å². The first-order chi connectivity index (χ1) is 12.5. The summed E-state index contributed by atoms with van der Waals surface area (Å²) >= 11 is 0. The lowest BCUT2D eigenvalue weighted by Gasteiger charge is -2.32. The summed E-state index contributed by atoms with van der Waals surface area (Å²) in [4.78, 5) is 23.0. The van der Waals surface area contributed by atoms with Gasteiger partial charge in [-0.05, 0) is 47.4 Å². The summed E-state index contributed by atoms with van der Waals surface area (Å²) in [7, 11) is 3.12. The van der Waals surface area contributed by atoms with E-state index in [0.29, 0.717) is 17.9 Å².